The predicted octanol–water partition coefficient (Wildman–Crippen LogP) is 3.28. The lowest BCUT2D eigenvalue weighted by molar-refractivity contribution is -0.112. The molecule has 18 heavy (non-hydrogen) atoms. The maximum Gasteiger partial charge on any atom is 0.337 e. The highest BCUT2D eigenvalue weighted by atomic mass is 127. The predicted molar refractivity (Wildman–Crippen MR) is 78.8 cm³/mol. The van der Waals surface area contributed by atoms with E-state index >= 15 is 0 Å². The number of halogens is 1. The van der Waals surface area contributed by atoms with E-state index in [0.29, 0.717) is 11.3 Å². The number of rotatable bonds is 4. The fourth-order valence-electron chi connectivity index (χ4n) is 1.42. The fourth-order valence-corrected chi connectivity index (χ4v) is 1.91. The number of carboxylic acid groups (broad SMARTS) is 1. The third-order valence-corrected chi connectivity index (χ3v) is 3.00. The second-order valence-corrected chi connectivity index (χ2v) is 4.99. The average molecular weight is 359 g/mol. The molecule has 1 rings (SSSR count). The summed E-state index contributed by atoms with van der Waals surface area (Å²) in [7, 11) is 0. The molecule has 0 bridgehead atoms. The molecule has 2 N–H and O–H groups in total. The zero-order valence-corrected chi connectivity index (χ0v) is 12.3. The van der Waals surface area contributed by atoms with Crippen LogP contribution in [0, 0.1) is 3.57 Å². The third-order valence-electron chi connectivity index (χ3n) is 2.33. The monoisotopic (exact) mass is 359 g/mol. The van der Waals surface area contributed by atoms with Crippen LogP contribution < -0.4 is 5.32 Å². The Hall–Kier alpha value is -1.37. The standard InChI is InChI=1S/C13H14INO3/c1-3-4-8(2)12(16)15-11-6-5-9(14)7-10(11)13(17)18/h4-7H,3H2,1-2H3,(H,15,16)(H,17,18). The molecule has 0 atom stereocenters. The number of anilines is 1. The van der Waals surface area contributed by atoms with Crippen molar-refractivity contribution in [2.75, 3.05) is 5.32 Å². The topological polar surface area (TPSA) is 66.4 Å². The summed E-state index contributed by atoms with van der Waals surface area (Å²) in [5.74, 6) is -1.33. The summed E-state index contributed by atoms with van der Waals surface area (Å²) in [4.78, 5) is 22.9. The maximum atomic E-state index is 11.8. The second kappa shape index (κ2) is 6.53. The molecule has 96 valence electrons. The maximum absolute atomic E-state index is 11.8. The van der Waals surface area contributed by atoms with E-state index in [1.54, 1.807) is 25.1 Å². The number of hydrogen-bond donors (Lipinski definition) is 2. The lowest BCUT2D eigenvalue weighted by Gasteiger charge is -2.09. The molecule has 5 heteroatoms. The number of carboxylic acids is 1. The molecule has 0 aliphatic rings. The number of benzene rings is 1. The smallest absolute Gasteiger partial charge is 0.337 e. The van der Waals surface area contributed by atoms with Crippen molar-refractivity contribution in [3.05, 3.63) is 39.0 Å². The Morgan fingerprint density at radius 2 is 2.11 bits per heavy atom. The van der Waals surface area contributed by atoms with E-state index in [2.05, 4.69) is 5.32 Å². The van der Waals surface area contributed by atoms with Crippen LogP contribution in [0.15, 0.2) is 29.8 Å². The molecular weight excluding hydrogens is 345 g/mol. The van der Waals surface area contributed by atoms with E-state index in [-0.39, 0.29) is 11.5 Å². The van der Waals surface area contributed by atoms with Gasteiger partial charge in [0.2, 0.25) is 0 Å². The minimum Gasteiger partial charge on any atom is -0.478 e. The highest BCUT2D eigenvalue weighted by molar-refractivity contribution is 14.1. The Morgan fingerprint density at radius 3 is 2.67 bits per heavy atom. The van der Waals surface area contributed by atoms with Gasteiger partial charge in [-0.05, 0) is 54.1 Å². The van der Waals surface area contributed by atoms with E-state index in [9.17, 15) is 9.59 Å². The molecule has 0 heterocycles. The molecule has 1 aromatic rings. The summed E-state index contributed by atoms with van der Waals surface area (Å²) < 4.78 is 0.809. The van der Waals surface area contributed by atoms with Gasteiger partial charge in [-0.15, -0.1) is 0 Å². The highest BCUT2D eigenvalue weighted by Crippen LogP contribution is 2.19. The fraction of sp³-hybridized carbons (Fsp3) is 0.231. The van der Waals surface area contributed by atoms with Gasteiger partial charge in [0.1, 0.15) is 0 Å². The normalized spacial score (nSPS) is 11.2. The molecule has 0 radical (unpaired) electrons. The minimum absolute atomic E-state index is 0.0968. The van der Waals surface area contributed by atoms with Crippen LogP contribution in [0.5, 0.6) is 0 Å². The Labute approximate surface area is 119 Å². The summed E-state index contributed by atoms with van der Waals surface area (Å²) in [6.07, 6.45) is 2.56. The number of amides is 1. The Morgan fingerprint density at radius 1 is 1.44 bits per heavy atom. The van der Waals surface area contributed by atoms with Crippen LogP contribution >= 0.6 is 22.6 Å². The molecule has 0 spiro atoms. The van der Waals surface area contributed by atoms with E-state index in [0.717, 1.165) is 9.99 Å². The second-order valence-electron chi connectivity index (χ2n) is 3.74. The van der Waals surface area contributed by atoms with Crippen LogP contribution in [0.25, 0.3) is 0 Å². The van der Waals surface area contributed by atoms with Gasteiger partial charge in [0.25, 0.3) is 5.91 Å². The Balaban J connectivity index is 3.01. The lowest BCUT2D eigenvalue weighted by Crippen LogP contribution is -2.15. The first-order valence-electron chi connectivity index (χ1n) is 5.46. The molecule has 0 aliphatic heterocycles. The molecule has 0 unspecified atom stereocenters. The van der Waals surface area contributed by atoms with Gasteiger partial charge in [-0.3, -0.25) is 4.79 Å². The van der Waals surface area contributed by atoms with Crippen LogP contribution in [0.2, 0.25) is 0 Å². The van der Waals surface area contributed by atoms with Gasteiger partial charge < -0.3 is 10.4 Å². The number of allylic oxidation sites excluding steroid dienone is 1. The van der Waals surface area contributed by atoms with Crippen molar-refractivity contribution in [2.45, 2.75) is 20.3 Å². The molecule has 4 nitrogen and oxygen atoms in total. The quantitative estimate of drug-likeness (QED) is 0.641. The first kappa shape index (κ1) is 14.7. The van der Waals surface area contributed by atoms with Crippen molar-refractivity contribution in [3.63, 3.8) is 0 Å². The Bertz CT molecular complexity index is 509. The van der Waals surface area contributed by atoms with Crippen molar-refractivity contribution in [1.29, 1.82) is 0 Å². The van der Waals surface area contributed by atoms with Crippen molar-refractivity contribution >= 4 is 40.2 Å². The van der Waals surface area contributed by atoms with E-state index in [1.165, 1.54) is 6.07 Å². The minimum atomic E-state index is -1.05. The van der Waals surface area contributed by atoms with Crippen molar-refractivity contribution in [1.82, 2.24) is 0 Å². The lowest BCUT2D eigenvalue weighted by atomic mass is 10.1. The van der Waals surface area contributed by atoms with Gasteiger partial charge in [-0.1, -0.05) is 13.0 Å². The van der Waals surface area contributed by atoms with Gasteiger partial charge in [-0.25, -0.2) is 4.79 Å². The molecule has 0 fully saturated rings. The summed E-state index contributed by atoms with van der Waals surface area (Å²) in [6.45, 7) is 3.64. The Kier molecular flexibility index (Phi) is 5.33. The van der Waals surface area contributed by atoms with Crippen LogP contribution in [0.1, 0.15) is 30.6 Å². The number of hydrogen-bond acceptors (Lipinski definition) is 2. The molecule has 0 saturated carbocycles. The number of carbonyl (C=O) groups excluding carboxylic acids is 1. The SMILES string of the molecule is CCC=C(C)C(=O)Nc1ccc(I)cc1C(=O)O. The molecule has 0 aromatic heterocycles. The number of aromatic carboxylic acids is 1. The average Bonchev–Trinajstić information content (AvgIpc) is 2.31. The van der Waals surface area contributed by atoms with E-state index in [1.807, 2.05) is 29.5 Å². The van der Waals surface area contributed by atoms with Crippen molar-refractivity contribution < 1.29 is 14.7 Å². The third kappa shape index (κ3) is 3.83. The van der Waals surface area contributed by atoms with Gasteiger partial charge in [0.15, 0.2) is 0 Å². The van der Waals surface area contributed by atoms with Crippen LogP contribution in [-0.4, -0.2) is 17.0 Å². The number of carbonyl (C=O) groups is 2. The highest BCUT2D eigenvalue weighted by Gasteiger charge is 2.13. The van der Waals surface area contributed by atoms with Gasteiger partial charge in [0.05, 0.1) is 11.3 Å². The van der Waals surface area contributed by atoms with Crippen LogP contribution in [0.3, 0.4) is 0 Å². The van der Waals surface area contributed by atoms with Crippen molar-refractivity contribution in [3.8, 4) is 0 Å². The molecule has 0 aliphatic carbocycles. The molecular formula is C13H14INO3. The largest absolute Gasteiger partial charge is 0.478 e. The molecule has 0 saturated heterocycles. The van der Waals surface area contributed by atoms with Crippen molar-refractivity contribution in [2.24, 2.45) is 0 Å². The zero-order valence-electron chi connectivity index (χ0n) is 10.2. The number of nitrogens with one attached hydrogen (secondary N) is 1. The van der Waals surface area contributed by atoms with E-state index in [4.69, 9.17) is 5.11 Å². The van der Waals surface area contributed by atoms with Gasteiger partial charge >= 0.3 is 5.97 Å². The first-order chi connectivity index (χ1) is 8.45. The van der Waals surface area contributed by atoms with Gasteiger partial charge in [0, 0.05) is 9.14 Å². The summed E-state index contributed by atoms with van der Waals surface area (Å²) in [5, 5.41) is 11.7. The summed E-state index contributed by atoms with van der Waals surface area (Å²) in [5.41, 5.74) is 0.990. The first-order valence-corrected chi connectivity index (χ1v) is 6.54. The molecule has 1 aromatic carbocycles. The van der Waals surface area contributed by atoms with Gasteiger partial charge in [-0.2, -0.15) is 0 Å². The molecule has 1 amide bonds. The van der Waals surface area contributed by atoms with Crippen LogP contribution in [-0.2, 0) is 4.79 Å². The van der Waals surface area contributed by atoms with Crippen LogP contribution in [0.4, 0.5) is 5.69 Å². The summed E-state index contributed by atoms with van der Waals surface area (Å²) >= 11 is 2.03. The zero-order chi connectivity index (χ0) is 13.7. The van der Waals surface area contributed by atoms with E-state index < -0.39 is 5.97 Å². The summed E-state index contributed by atoms with van der Waals surface area (Å²) in [6, 6.07) is 4.88.